The molecule has 19 heavy (non-hydrogen) atoms. The highest BCUT2D eigenvalue weighted by Crippen LogP contribution is 2.38. The molecule has 6 nitrogen and oxygen atoms in total. The summed E-state index contributed by atoms with van der Waals surface area (Å²) in [6, 6.07) is 7.78. The lowest BCUT2D eigenvalue weighted by atomic mass is 9.76. The van der Waals surface area contributed by atoms with Crippen LogP contribution < -0.4 is 10.3 Å². The second kappa shape index (κ2) is 4.53. The normalized spacial score (nSPS) is 26.5. The van der Waals surface area contributed by atoms with E-state index >= 15 is 0 Å². The predicted octanol–water partition coefficient (Wildman–Crippen LogP) is -0.239. The molecule has 100 valence electrons. The summed E-state index contributed by atoms with van der Waals surface area (Å²) < 4.78 is 0. The topological polar surface area (TPSA) is 87.5 Å². The minimum atomic E-state index is -1.01. The van der Waals surface area contributed by atoms with Crippen LogP contribution in [0, 0.1) is 10.4 Å². The summed E-state index contributed by atoms with van der Waals surface area (Å²) in [5.74, 6) is 0.703. The van der Waals surface area contributed by atoms with Crippen molar-refractivity contribution in [3.8, 4) is 0 Å². The summed E-state index contributed by atoms with van der Waals surface area (Å²) in [5, 5.41) is 28.9. The first-order valence-corrected chi connectivity index (χ1v) is 6.53. The van der Waals surface area contributed by atoms with Gasteiger partial charge >= 0.3 is 11.4 Å². The first-order chi connectivity index (χ1) is 9.29. The lowest BCUT2D eigenvalue weighted by Gasteiger charge is -2.32. The van der Waals surface area contributed by atoms with Crippen molar-refractivity contribution in [2.45, 2.75) is 24.8 Å². The Labute approximate surface area is 111 Å². The quantitative estimate of drug-likeness (QED) is 0.437. The van der Waals surface area contributed by atoms with Crippen molar-refractivity contribution in [2.75, 3.05) is 13.1 Å². The minimum absolute atomic E-state index is 0.311. The Balaban J connectivity index is 2.22. The molecule has 1 aliphatic heterocycles. The molecule has 0 bridgehead atoms. The van der Waals surface area contributed by atoms with Gasteiger partial charge in [-0.25, -0.2) is 0 Å². The third-order valence-corrected chi connectivity index (χ3v) is 3.99. The molecule has 2 N–H and O–H groups in total. The van der Waals surface area contributed by atoms with Gasteiger partial charge in [0.2, 0.25) is 0 Å². The summed E-state index contributed by atoms with van der Waals surface area (Å²) >= 11 is 0. The lowest BCUT2D eigenvalue weighted by molar-refractivity contribution is -0.609. The summed E-state index contributed by atoms with van der Waals surface area (Å²) in [5.41, 5.74) is 0.988. The number of nitrogens with zero attached hydrogens (tertiary/aromatic N) is 2. The third-order valence-electron chi connectivity index (χ3n) is 3.99. The predicted molar refractivity (Wildman–Crippen MR) is 69.3 cm³/mol. The van der Waals surface area contributed by atoms with Crippen LogP contribution in [0.5, 0.6) is 0 Å². The summed E-state index contributed by atoms with van der Waals surface area (Å²) in [7, 11) is 0. The molecule has 0 fully saturated rings. The van der Waals surface area contributed by atoms with E-state index in [9.17, 15) is 10.4 Å². The molecule has 3 rings (SSSR count). The molecular weight excluding hydrogens is 244 g/mol. The zero-order chi connectivity index (χ0) is 13.3. The standard InChI is InChI=1S/C13H16N4O2/c18-16-17(19)13(12-14-8-9-15-12)7-3-5-10-4-1-2-6-11(10)13/h1-2,4,6,18H,3,5,7-9H2,(H,14,15)/b17-16-. The lowest BCUT2D eigenvalue weighted by Crippen LogP contribution is -2.76. The number of nitrogens with one attached hydrogen (secondary N) is 2. The average molecular weight is 260 g/mol. The Morgan fingerprint density at radius 2 is 2.21 bits per heavy atom. The van der Waals surface area contributed by atoms with Crippen molar-refractivity contribution < 1.29 is 9.85 Å². The fraction of sp³-hybridized carbons (Fsp3) is 0.462. The molecule has 6 heteroatoms. The molecule has 0 saturated carbocycles. The van der Waals surface area contributed by atoms with Crippen LogP contribution in [0.2, 0.25) is 0 Å². The molecule has 1 aromatic rings. The van der Waals surface area contributed by atoms with Gasteiger partial charge in [0.1, 0.15) is 13.1 Å². The van der Waals surface area contributed by atoms with Crippen LogP contribution in [-0.2, 0) is 12.0 Å². The van der Waals surface area contributed by atoms with Crippen molar-refractivity contribution >= 4 is 5.84 Å². The number of amidine groups is 1. The van der Waals surface area contributed by atoms with E-state index in [0.717, 1.165) is 37.1 Å². The third kappa shape index (κ3) is 1.67. The summed E-state index contributed by atoms with van der Waals surface area (Å²) in [6.07, 6.45) is 2.38. The monoisotopic (exact) mass is 260 g/mol. The molecule has 1 aliphatic carbocycles. The van der Waals surface area contributed by atoms with Crippen LogP contribution >= 0.6 is 0 Å². The highest BCUT2D eigenvalue weighted by molar-refractivity contribution is 5.88. The largest absolute Gasteiger partial charge is 0.739 e. The van der Waals surface area contributed by atoms with Crippen LogP contribution in [0.1, 0.15) is 24.0 Å². The number of fused-ring (bicyclic) bond motifs is 1. The van der Waals surface area contributed by atoms with Gasteiger partial charge < -0.3 is 10.4 Å². The summed E-state index contributed by atoms with van der Waals surface area (Å²) in [4.78, 5) is 3.50. The zero-order valence-corrected chi connectivity index (χ0v) is 10.6. The molecule has 2 aliphatic rings. The number of hydrogen-bond donors (Lipinski definition) is 2. The number of aryl methyl sites for hydroxylation is 1. The minimum Gasteiger partial charge on any atom is -0.739 e. The van der Waals surface area contributed by atoms with Crippen molar-refractivity contribution in [3.63, 3.8) is 0 Å². The van der Waals surface area contributed by atoms with E-state index in [1.165, 1.54) is 0 Å². The Kier molecular flexibility index (Phi) is 2.85. The van der Waals surface area contributed by atoms with Gasteiger partial charge in [-0.2, -0.15) is 0 Å². The fourth-order valence-electron chi connectivity index (χ4n) is 3.16. The van der Waals surface area contributed by atoms with Crippen LogP contribution in [0.15, 0.2) is 29.5 Å². The number of benzene rings is 1. The van der Waals surface area contributed by atoms with Crippen LogP contribution in [0.3, 0.4) is 0 Å². The van der Waals surface area contributed by atoms with E-state index in [4.69, 9.17) is 0 Å². The first kappa shape index (κ1) is 12.0. The Hall–Kier alpha value is -2.11. The van der Waals surface area contributed by atoms with Crippen molar-refractivity contribution in [1.29, 1.82) is 0 Å². The van der Waals surface area contributed by atoms with Crippen LogP contribution in [0.4, 0.5) is 0 Å². The van der Waals surface area contributed by atoms with Crippen molar-refractivity contribution in [3.05, 3.63) is 45.8 Å². The number of hydrogen-bond acceptors (Lipinski definition) is 4. The maximum Gasteiger partial charge on any atom is 0.325 e. The fourth-order valence-corrected chi connectivity index (χ4v) is 3.16. The van der Waals surface area contributed by atoms with E-state index in [1.807, 2.05) is 24.3 Å². The molecule has 0 saturated heterocycles. The zero-order valence-electron chi connectivity index (χ0n) is 10.6. The number of rotatable bonds is 2. The van der Waals surface area contributed by atoms with Gasteiger partial charge in [0.15, 0.2) is 0 Å². The Morgan fingerprint density at radius 1 is 1.37 bits per heavy atom. The summed E-state index contributed by atoms with van der Waals surface area (Å²) in [6.45, 7) is 1.51. The van der Waals surface area contributed by atoms with Gasteiger partial charge in [0.25, 0.3) is 0 Å². The molecule has 1 aromatic carbocycles. The average Bonchev–Trinajstić information content (AvgIpc) is 3.00. The molecule has 0 aromatic heterocycles. The van der Waals surface area contributed by atoms with Gasteiger partial charge in [-0.1, -0.05) is 29.1 Å². The van der Waals surface area contributed by atoms with E-state index in [2.05, 4.69) is 15.6 Å². The highest BCUT2D eigenvalue weighted by Gasteiger charge is 2.55. The molecule has 1 atom stereocenters. The molecular formula is C13H16N4O2. The van der Waals surface area contributed by atoms with E-state index in [1.54, 1.807) is 0 Å². The molecule has 0 radical (unpaired) electrons. The van der Waals surface area contributed by atoms with E-state index in [0.29, 0.717) is 17.1 Å². The van der Waals surface area contributed by atoms with Gasteiger partial charge in [-0.05, 0) is 23.7 Å². The molecule has 0 amide bonds. The van der Waals surface area contributed by atoms with Crippen LogP contribution in [-0.4, -0.2) is 23.8 Å². The molecule has 0 spiro atoms. The second-order valence-electron chi connectivity index (χ2n) is 4.95. The highest BCUT2D eigenvalue weighted by atomic mass is 16.6. The molecule has 1 heterocycles. The van der Waals surface area contributed by atoms with Gasteiger partial charge in [0, 0.05) is 12.0 Å². The smallest absolute Gasteiger partial charge is 0.325 e. The van der Waals surface area contributed by atoms with Crippen LogP contribution in [0.25, 0.3) is 0 Å². The second-order valence-corrected chi connectivity index (χ2v) is 4.95. The number of hydroxylamine groups is 1. The maximum absolute atomic E-state index is 12.2. The van der Waals surface area contributed by atoms with Crippen molar-refractivity contribution in [1.82, 2.24) is 5.32 Å². The first-order valence-electron chi connectivity index (χ1n) is 6.53. The van der Waals surface area contributed by atoms with E-state index < -0.39 is 5.54 Å². The van der Waals surface area contributed by atoms with Crippen molar-refractivity contribution in [2.24, 2.45) is 5.28 Å². The Bertz CT molecular complexity index is 555. The Morgan fingerprint density at radius 3 is 2.95 bits per heavy atom. The van der Waals surface area contributed by atoms with Gasteiger partial charge in [-0.3, -0.25) is 10.3 Å². The van der Waals surface area contributed by atoms with Gasteiger partial charge in [0.05, 0.1) is 0 Å². The maximum atomic E-state index is 12.2. The molecule has 1 unspecified atom stereocenters. The van der Waals surface area contributed by atoms with Gasteiger partial charge in [-0.15, -0.1) is 0 Å². The van der Waals surface area contributed by atoms with E-state index in [-0.39, 0.29) is 0 Å². The SMILES string of the molecule is [O-]/N=[N+](\[O-])C1(C2=[NH+]CCN2)CCCc2ccccc21.